The first-order chi connectivity index (χ1) is 10.1. The molecule has 0 aromatic heterocycles. The van der Waals surface area contributed by atoms with Crippen LogP contribution in [-0.2, 0) is 4.74 Å². The highest BCUT2D eigenvalue weighted by Gasteiger charge is 2.42. The Morgan fingerprint density at radius 2 is 2.05 bits per heavy atom. The third kappa shape index (κ3) is 5.56. The quantitative estimate of drug-likeness (QED) is 0.601. The van der Waals surface area contributed by atoms with Gasteiger partial charge in [-0.1, -0.05) is 59.3 Å². The SMILES string of the molecule is CCCCC(CC)CC(NC)C1(OCC)CCCC(C)C1. The van der Waals surface area contributed by atoms with E-state index in [2.05, 4.69) is 40.1 Å². The van der Waals surface area contributed by atoms with Crippen molar-refractivity contribution in [1.29, 1.82) is 0 Å². The predicted molar refractivity (Wildman–Crippen MR) is 92.8 cm³/mol. The van der Waals surface area contributed by atoms with E-state index in [1.54, 1.807) is 0 Å². The number of rotatable bonds is 10. The highest BCUT2D eigenvalue weighted by atomic mass is 16.5. The van der Waals surface area contributed by atoms with E-state index in [1.165, 1.54) is 57.8 Å². The van der Waals surface area contributed by atoms with Gasteiger partial charge in [0.2, 0.25) is 0 Å². The molecule has 0 amide bonds. The van der Waals surface area contributed by atoms with Gasteiger partial charge in [0.25, 0.3) is 0 Å². The molecule has 0 radical (unpaired) electrons. The second kappa shape index (κ2) is 9.84. The molecule has 0 heterocycles. The van der Waals surface area contributed by atoms with E-state index in [1.807, 2.05) is 0 Å². The zero-order valence-corrected chi connectivity index (χ0v) is 15.2. The lowest BCUT2D eigenvalue weighted by Gasteiger charge is -2.46. The van der Waals surface area contributed by atoms with Crippen LogP contribution in [0.1, 0.15) is 85.5 Å². The van der Waals surface area contributed by atoms with Crippen LogP contribution in [0.15, 0.2) is 0 Å². The molecule has 0 aromatic carbocycles. The smallest absolute Gasteiger partial charge is 0.0837 e. The fourth-order valence-electron chi connectivity index (χ4n) is 4.29. The van der Waals surface area contributed by atoms with E-state index in [-0.39, 0.29) is 5.60 Å². The third-order valence-corrected chi connectivity index (χ3v) is 5.52. The van der Waals surface area contributed by atoms with Crippen molar-refractivity contribution in [1.82, 2.24) is 5.32 Å². The van der Waals surface area contributed by atoms with Gasteiger partial charge >= 0.3 is 0 Å². The van der Waals surface area contributed by atoms with Gasteiger partial charge in [-0.3, -0.25) is 0 Å². The van der Waals surface area contributed by atoms with E-state index < -0.39 is 0 Å². The Morgan fingerprint density at radius 3 is 2.57 bits per heavy atom. The highest BCUT2D eigenvalue weighted by Crippen LogP contribution is 2.40. The Morgan fingerprint density at radius 1 is 1.29 bits per heavy atom. The maximum absolute atomic E-state index is 6.38. The lowest BCUT2D eigenvalue weighted by atomic mass is 9.72. The van der Waals surface area contributed by atoms with Crippen molar-refractivity contribution >= 4 is 0 Å². The predicted octanol–water partition coefficient (Wildman–Crippen LogP) is 5.17. The molecule has 0 bridgehead atoms. The van der Waals surface area contributed by atoms with Crippen LogP contribution in [0.3, 0.4) is 0 Å². The molecular formula is C19H39NO. The molecule has 2 heteroatoms. The minimum Gasteiger partial charge on any atom is -0.374 e. The largest absolute Gasteiger partial charge is 0.374 e. The minimum atomic E-state index is 0.0841. The van der Waals surface area contributed by atoms with E-state index in [0.29, 0.717) is 6.04 Å². The second-order valence-corrected chi connectivity index (χ2v) is 7.19. The van der Waals surface area contributed by atoms with Gasteiger partial charge in [0.15, 0.2) is 0 Å². The maximum atomic E-state index is 6.38. The van der Waals surface area contributed by atoms with Gasteiger partial charge in [0.1, 0.15) is 0 Å². The number of likely N-dealkylation sites (N-methyl/N-ethyl adjacent to an activating group) is 1. The molecule has 1 rings (SSSR count). The number of hydrogen-bond acceptors (Lipinski definition) is 2. The van der Waals surface area contributed by atoms with Gasteiger partial charge in [-0.2, -0.15) is 0 Å². The van der Waals surface area contributed by atoms with E-state index in [9.17, 15) is 0 Å². The van der Waals surface area contributed by atoms with E-state index in [4.69, 9.17) is 4.74 Å². The van der Waals surface area contributed by atoms with Gasteiger partial charge < -0.3 is 10.1 Å². The number of hydrogen-bond donors (Lipinski definition) is 1. The van der Waals surface area contributed by atoms with Crippen LogP contribution in [0, 0.1) is 11.8 Å². The molecule has 126 valence electrons. The molecule has 1 aliphatic carbocycles. The topological polar surface area (TPSA) is 21.3 Å². The van der Waals surface area contributed by atoms with Crippen molar-refractivity contribution < 1.29 is 4.74 Å². The van der Waals surface area contributed by atoms with Gasteiger partial charge in [-0.15, -0.1) is 0 Å². The first-order valence-corrected chi connectivity index (χ1v) is 9.43. The summed E-state index contributed by atoms with van der Waals surface area (Å²) in [5.74, 6) is 1.65. The summed E-state index contributed by atoms with van der Waals surface area (Å²) in [7, 11) is 2.14. The van der Waals surface area contributed by atoms with Crippen molar-refractivity contribution in [2.75, 3.05) is 13.7 Å². The Hall–Kier alpha value is -0.0800. The van der Waals surface area contributed by atoms with Crippen molar-refractivity contribution in [3.63, 3.8) is 0 Å². The summed E-state index contributed by atoms with van der Waals surface area (Å²) in [4.78, 5) is 0. The van der Waals surface area contributed by atoms with Crippen LogP contribution < -0.4 is 5.32 Å². The molecule has 4 unspecified atom stereocenters. The zero-order valence-electron chi connectivity index (χ0n) is 15.2. The highest BCUT2D eigenvalue weighted by molar-refractivity contribution is 4.97. The Bertz CT molecular complexity index is 264. The van der Waals surface area contributed by atoms with Crippen molar-refractivity contribution in [3.05, 3.63) is 0 Å². The molecule has 0 spiro atoms. The molecule has 4 atom stereocenters. The number of nitrogens with one attached hydrogen (secondary N) is 1. The summed E-state index contributed by atoms with van der Waals surface area (Å²) in [6, 6.07) is 0.516. The molecule has 0 aromatic rings. The molecule has 1 N–H and O–H groups in total. The van der Waals surface area contributed by atoms with Crippen LogP contribution in [0.5, 0.6) is 0 Å². The van der Waals surface area contributed by atoms with Crippen LogP contribution >= 0.6 is 0 Å². The Labute approximate surface area is 133 Å². The van der Waals surface area contributed by atoms with Crippen LogP contribution in [0.4, 0.5) is 0 Å². The minimum absolute atomic E-state index is 0.0841. The molecule has 21 heavy (non-hydrogen) atoms. The second-order valence-electron chi connectivity index (χ2n) is 7.19. The molecule has 0 aliphatic heterocycles. The Balaban J connectivity index is 2.76. The van der Waals surface area contributed by atoms with Gasteiger partial charge in [-0.05, 0) is 45.1 Å². The van der Waals surface area contributed by atoms with Gasteiger partial charge in [-0.25, -0.2) is 0 Å². The molecule has 0 saturated heterocycles. The zero-order chi connectivity index (χ0) is 15.7. The summed E-state index contributed by atoms with van der Waals surface area (Å²) < 4.78 is 6.38. The summed E-state index contributed by atoms with van der Waals surface area (Å²) in [5.41, 5.74) is 0.0841. The first kappa shape index (κ1) is 19.0. The standard InChI is InChI=1S/C19H39NO/c1-6-9-12-17(7-2)14-18(20-5)19(21-8-3)13-10-11-16(4)15-19/h16-18,20H,6-15H2,1-5H3. The van der Waals surface area contributed by atoms with E-state index in [0.717, 1.165) is 18.4 Å². The fraction of sp³-hybridized carbons (Fsp3) is 1.00. The Kier molecular flexibility index (Phi) is 8.89. The summed E-state index contributed by atoms with van der Waals surface area (Å²) in [6.07, 6.45) is 11.8. The summed E-state index contributed by atoms with van der Waals surface area (Å²) in [6.45, 7) is 10.0. The molecule has 2 nitrogen and oxygen atoms in total. The average Bonchev–Trinajstić information content (AvgIpc) is 2.48. The van der Waals surface area contributed by atoms with Crippen LogP contribution in [0.2, 0.25) is 0 Å². The van der Waals surface area contributed by atoms with Gasteiger partial charge in [0, 0.05) is 12.6 Å². The molecule has 1 aliphatic rings. The lowest BCUT2D eigenvalue weighted by molar-refractivity contribution is -0.103. The normalized spacial score (nSPS) is 29.3. The van der Waals surface area contributed by atoms with Crippen LogP contribution in [-0.4, -0.2) is 25.3 Å². The third-order valence-electron chi connectivity index (χ3n) is 5.52. The number of ether oxygens (including phenoxy) is 1. The summed E-state index contributed by atoms with van der Waals surface area (Å²) in [5, 5.41) is 3.63. The van der Waals surface area contributed by atoms with Crippen LogP contribution in [0.25, 0.3) is 0 Å². The lowest BCUT2D eigenvalue weighted by Crippen LogP contribution is -2.54. The molecular weight excluding hydrogens is 258 g/mol. The molecule has 1 fully saturated rings. The van der Waals surface area contributed by atoms with E-state index >= 15 is 0 Å². The maximum Gasteiger partial charge on any atom is 0.0837 e. The van der Waals surface area contributed by atoms with Crippen molar-refractivity contribution in [2.24, 2.45) is 11.8 Å². The van der Waals surface area contributed by atoms with Crippen molar-refractivity contribution in [3.8, 4) is 0 Å². The van der Waals surface area contributed by atoms with Gasteiger partial charge in [0.05, 0.1) is 5.60 Å². The fourth-order valence-corrected chi connectivity index (χ4v) is 4.29. The summed E-state index contributed by atoms with van der Waals surface area (Å²) >= 11 is 0. The monoisotopic (exact) mass is 297 g/mol. The average molecular weight is 298 g/mol. The first-order valence-electron chi connectivity index (χ1n) is 9.43. The van der Waals surface area contributed by atoms with Crippen molar-refractivity contribution in [2.45, 2.75) is 97.1 Å². The molecule has 1 saturated carbocycles. The number of unbranched alkanes of at least 4 members (excludes halogenated alkanes) is 1.